The number of benzene rings is 3. The van der Waals surface area contributed by atoms with Gasteiger partial charge in [0.2, 0.25) is 0 Å². The zero-order valence-corrected chi connectivity index (χ0v) is 26.0. The highest BCUT2D eigenvalue weighted by molar-refractivity contribution is 6.08. The number of piperidine rings is 1. The van der Waals surface area contributed by atoms with Gasteiger partial charge in [0.15, 0.2) is 0 Å². The van der Waals surface area contributed by atoms with E-state index in [1.54, 1.807) is 30.5 Å². The van der Waals surface area contributed by atoms with Crippen LogP contribution in [-0.2, 0) is 12.1 Å². The molecule has 2 N–H and O–H groups in total. The molecule has 0 bridgehead atoms. The summed E-state index contributed by atoms with van der Waals surface area (Å²) >= 11 is 0. The average Bonchev–Trinajstić information content (AvgIpc) is 3.60. The molecular weight excluding hydrogens is 569 g/mol. The third-order valence-corrected chi connectivity index (χ3v) is 8.66. The van der Waals surface area contributed by atoms with Gasteiger partial charge in [0.25, 0.3) is 5.91 Å². The van der Waals surface area contributed by atoms with Gasteiger partial charge in [-0.25, -0.2) is 9.18 Å². The van der Waals surface area contributed by atoms with Gasteiger partial charge in [-0.05, 0) is 113 Å². The summed E-state index contributed by atoms with van der Waals surface area (Å²) in [6, 6.07) is 19.2. The van der Waals surface area contributed by atoms with Gasteiger partial charge in [-0.3, -0.25) is 9.48 Å². The second-order valence-electron chi connectivity index (χ2n) is 12.9. The predicted octanol–water partition coefficient (Wildman–Crippen LogP) is 7.57. The van der Waals surface area contributed by atoms with E-state index in [0.717, 1.165) is 54.6 Å². The Hall–Kier alpha value is -4.92. The first-order chi connectivity index (χ1) is 21.5. The number of aromatic nitrogens is 3. The third kappa shape index (κ3) is 6.20. The topological polar surface area (TPSA) is 92.4 Å². The molecule has 0 atom stereocenters. The van der Waals surface area contributed by atoms with E-state index < -0.39 is 5.97 Å². The first-order valence-electron chi connectivity index (χ1n) is 15.3. The van der Waals surface area contributed by atoms with Crippen LogP contribution in [-0.4, -0.2) is 44.4 Å². The zero-order valence-electron chi connectivity index (χ0n) is 26.0. The summed E-state index contributed by atoms with van der Waals surface area (Å²) in [6.45, 7) is 10.9. The standard InChI is InChI=1S/C36H38FN5O3/c1-23-21-41(22-24-15-17-40(18-16-24)29-12-7-26(8-13-29)35(44)45)32-19-28(11-14-30(23)32)39-34(43)31-20-38-42(36(2,3)4)33(31)25-5-9-27(37)10-6-25/h5-14,19-21,24H,15-18,22H2,1-4H3,(H,39,43)(H,44,45). The fraction of sp³-hybridized carbons (Fsp3) is 0.306. The number of anilines is 2. The largest absolute Gasteiger partial charge is 0.478 e. The second-order valence-corrected chi connectivity index (χ2v) is 12.9. The normalized spacial score (nSPS) is 14.2. The molecular formula is C36H38FN5O3. The number of nitrogens with zero attached hydrogens (tertiary/aromatic N) is 4. The van der Waals surface area contributed by atoms with Crippen molar-refractivity contribution in [1.29, 1.82) is 0 Å². The lowest BCUT2D eigenvalue weighted by Gasteiger charge is -2.34. The molecule has 6 rings (SSSR count). The molecule has 8 nitrogen and oxygen atoms in total. The number of carboxylic acids is 1. The number of aryl methyl sites for hydroxylation is 1. The van der Waals surface area contributed by atoms with Crippen LogP contribution in [0.5, 0.6) is 0 Å². The van der Waals surface area contributed by atoms with Gasteiger partial charge in [-0.1, -0.05) is 6.07 Å². The van der Waals surface area contributed by atoms with Crippen LogP contribution in [0.3, 0.4) is 0 Å². The summed E-state index contributed by atoms with van der Waals surface area (Å²) in [5.41, 5.74) is 5.70. The summed E-state index contributed by atoms with van der Waals surface area (Å²) in [6.07, 6.45) is 5.82. The molecule has 0 radical (unpaired) electrons. The number of carbonyl (C=O) groups excluding carboxylic acids is 1. The first kappa shape index (κ1) is 30.1. The Labute approximate surface area is 262 Å². The van der Waals surface area contributed by atoms with Gasteiger partial charge in [-0.15, -0.1) is 0 Å². The Morgan fingerprint density at radius 1 is 1.00 bits per heavy atom. The number of hydrogen-bond donors (Lipinski definition) is 2. The number of aromatic carboxylic acids is 1. The van der Waals surface area contributed by atoms with Gasteiger partial charge >= 0.3 is 5.97 Å². The first-order valence-corrected chi connectivity index (χ1v) is 15.3. The minimum Gasteiger partial charge on any atom is -0.478 e. The lowest BCUT2D eigenvalue weighted by molar-refractivity contribution is 0.0696. The molecule has 0 unspecified atom stereocenters. The number of amides is 1. The van der Waals surface area contributed by atoms with Crippen LogP contribution in [0.25, 0.3) is 22.2 Å². The Morgan fingerprint density at radius 2 is 1.69 bits per heavy atom. The van der Waals surface area contributed by atoms with Gasteiger partial charge in [0.05, 0.1) is 34.1 Å². The zero-order chi connectivity index (χ0) is 31.9. The maximum absolute atomic E-state index is 13.7. The lowest BCUT2D eigenvalue weighted by atomic mass is 9.96. The number of hydrogen-bond acceptors (Lipinski definition) is 4. The number of fused-ring (bicyclic) bond motifs is 1. The molecule has 5 aromatic rings. The van der Waals surface area contributed by atoms with Crippen molar-refractivity contribution in [2.45, 2.75) is 52.6 Å². The molecule has 0 saturated carbocycles. The molecule has 0 aliphatic carbocycles. The third-order valence-electron chi connectivity index (χ3n) is 8.66. The van der Waals surface area contributed by atoms with Crippen molar-refractivity contribution in [3.8, 4) is 11.3 Å². The minimum absolute atomic E-state index is 0.275. The van der Waals surface area contributed by atoms with Crippen LogP contribution < -0.4 is 10.2 Å². The Kier molecular flexibility index (Phi) is 7.95. The van der Waals surface area contributed by atoms with E-state index in [1.807, 2.05) is 49.7 Å². The maximum Gasteiger partial charge on any atom is 0.335 e. The number of nitrogens with one attached hydrogen (secondary N) is 1. The molecule has 1 saturated heterocycles. The van der Waals surface area contributed by atoms with Gasteiger partial charge in [-0.2, -0.15) is 5.10 Å². The highest BCUT2D eigenvalue weighted by Gasteiger charge is 2.26. The van der Waals surface area contributed by atoms with Crippen molar-refractivity contribution >= 4 is 34.2 Å². The van der Waals surface area contributed by atoms with Crippen molar-refractivity contribution in [3.05, 3.63) is 102 Å². The number of halogens is 1. The van der Waals surface area contributed by atoms with Gasteiger partial charge in [0, 0.05) is 48.2 Å². The quantitative estimate of drug-likeness (QED) is 0.199. The molecule has 1 aliphatic rings. The van der Waals surface area contributed by atoms with Crippen LogP contribution in [0.2, 0.25) is 0 Å². The van der Waals surface area contributed by atoms with Crippen molar-refractivity contribution in [2.75, 3.05) is 23.3 Å². The number of rotatable bonds is 7. The van der Waals surface area contributed by atoms with Gasteiger partial charge in [0.1, 0.15) is 5.82 Å². The Morgan fingerprint density at radius 3 is 2.33 bits per heavy atom. The Bertz CT molecular complexity index is 1860. The van der Waals surface area contributed by atoms with Crippen LogP contribution in [0.15, 0.2) is 79.1 Å². The fourth-order valence-electron chi connectivity index (χ4n) is 6.28. The highest BCUT2D eigenvalue weighted by atomic mass is 19.1. The monoisotopic (exact) mass is 607 g/mol. The predicted molar refractivity (Wildman–Crippen MR) is 176 cm³/mol. The van der Waals surface area contributed by atoms with E-state index in [9.17, 15) is 19.1 Å². The summed E-state index contributed by atoms with van der Waals surface area (Å²) < 4.78 is 17.8. The maximum atomic E-state index is 13.7. The summed E-state index contributed by atoms with van der Waals surface area (Å²) in [4.78, 5) is 27.2. The molecule has 232 valence electrons. The minimum atomic E-state index is -0.913. The van der Waals surface area contributed by atoms with E-state index in [4.69, 9.17) is 0 Å². The summed E-state index contributed by atoms with van der Waals surface area (Å²) in [7, 11) is 0. The lowest BCUT2D eigenvalue weighted by Crippen LogP contribution is -2.34. The van der Waals surface area contributed by atoms with Crippen LogP contribution in [0, 0.1) is 18.7 Å². The van der Waals surface area contributed by atoms with Crippen LogP contribution in [0.4, 0.5) is 15.8 Å². The van der Waals surface area contributed by atoms with Crippen molar-refractivity contribution < 1.29 is 19.1 Å². The molecule has 1 aliphatic heterocycles. The van der Waals surface area contributed by atoms with E-state index in [1.165, 1.54) is 17.7 Å². The van der Waals surface area contributed by atoms with Crippen molar-refractivity contribution in [3.63, 3.8) is 0 Å². The Balaban J connectivity index is 1.19. The number of carbonyl (C=O) groups is 2. The SMILES string of the molecule is Cc1cn(CC2CCN(c3ccc(C(=O)O)cc3)CC2)c2cc(NC(=O)c3cnn(C(C)(C)C)c3-c3ccc(F)cc3)ccc12. The van der Waals surface area contributed by atoms with E-state index in [2.05, 4.69) is 39.1 Å². The molecule has 1 fully saturated rings. The summed E-state index contributed by atoms with van der Waals surface area (Å²) in [5.74, 6) is -1.03. The molecule has 45 heavy (non-hydrogen) atoms. The highest BCUT2D eigenvalue weighted by Crippen LogP contribution is 2.32. The summed E-state index contributed by atoms with van der Waals surface area (Å²) in [5, 5.41) is 18.0. The molecule has 3 aromatic carbocycles. The second kappa shape index (κ2) is 11.9. The van der Waals surface area contributed by atoms with Crippen molar-refractivity contribution in [1.82, 2.24) is 14.3 Å². The van der Waals surface area contributed by atoms with Crippen LogP contribution >= 0.6 is 0 Å². The van der Waals surface area contributed by atoms with E-state index in [-0.39, 0.29) is 17.3 Å². The van der Waals surface area contributed by atoms with Gasteiger partial charge < -0.3 is 19.9 Å². The fourth-order valence-corrected chi connectivity index (χ4v) is 6.28. The molecule has 1 amide bonds. The number of carboxylic acid groups (broad SMARTS) is 1. The van der Waals surface area contributed by atoms with E-state index in [0.29, 0.717) is 28.4 Å². The molecule has 0 spiro atoms. The molecule has 3 heterocycles. The molecule has 2 aromatic heterocycles. The van der Waals surface area contributed by atoms with E-state index >= 15 is 0 Å². The molecule has 9 heteroatoms. The van der Waals surface area contributed by atoms with Crippen molar-refractivity contribution in [2.24, 2.45) is 5.92 Å². The smallest absolute Gasteiger partial charge is 0.335 e. The van der Waals surface area contributed by atoms with Crippen LogP contribution in [0.1, 0.15) is 59.9 Å². The average molecular weight is 608 g/mol.